The summed E-state index contributed by atoms with van der Waals surface area (Å²) < 4.78 is 53.4. The van der Waals surface area contributed by atoms with E-state index < -0.39 is 39.3 Å². The first-order valence-electron chi connectivity index (χ1n) is 9.58. The lowest BCUT2D eigenvalue weighted by molar-refractivity contribution is -0.132. The van der Waals surface area contributed by atoms with Crippen molar-refractivity contribution in [3.8, 4) is 0 Å². The Balaban J connectivity index is 1.59. The topological polar surface area (TPSA) is 74.8 Å². The summed E-state index contributed by atoms with van der Waals surface area (Å²) in [6, 6.07) is 8.37. The summed E-state index contributed by atoms with van der Waals surface area (Å²) in [5.74, 6) is -2.90. The predicted octanol–water partition coefficient (Wildman–Crippen LogP) is 3.36. The molecule has 0 bridgehead atoms. The molecule has 0 radical (unpaired) electrons. The van der Waals surface area contributed by atoms with Gasteiger partial charge in [0.1, 0.15) is 11.6 Å². The average Bonchev–Trinajstić information content (AvgIpc) is 2.75. The summed E-state index contributed by atoms with van der Waals surface area (Å²) in [5.41, 5.74) is -0.293. The number of rotatable bonds is 6. The van der Waals surface area contributed by atoms with Gasteiger partial charge in [-0.2, -0.15) is 4.31 Å². The van der Waals surface area contributed by atoms with Gasteiger partial charge >= 0.3 is 0 Å². The van der Waals surface area contributed by atoms with Crippen LogP contribution in [-0.2, 0) is 14.8 Å². The van der Waals surface area contributed by atoms with Crippen LogP contribution in [0, 0.1) is 17.6 Å². The second-order valence-corrected chi connectivity index (χ2v) is 9.84. The van der Waals surface area contributed by atoms with Crippen LogP contribution in [0.25, 0.3) is 0 Å². The number of likely N-dealkylation sites (tertiary alicyclic amines) is 1. The smallest absolute Gasteiger partial charge is 0.243 e. The van der Waals surface area contributed by atoms with Crippen molar-refractivity contribution in [3.05, 3.63) is 64.7 Å². The highest BCUT2D eigenvalue weighted by atomic mass is 35.5. The molecule has 1 aliphatic rings. The number of amides is 1. The van der Waals surface area contributed by atoms with E-state index in [-0.39, 0.29) is 42.9 Å². The third-order valence-corrected chi connectivity index (χ3v) is 7.36. The summed E-state index contributed by atoms with van der Waals surface area (Å²) in [4.78, 5) is 26.6. The first kappa shape index (κ1) is 23.3. The van der Waals surface area contributed by atoms with Crippen LogP contribution in [0.1, 0.15) is 23.2 Å². The molecule has 10 heteroatoms. The molecular formula is C21H21ClF2N2O4S. The molecule has 1 saturated heterocycles. The SMILES string of the molecule is CN(CC(=O)N1CCC(C(=O)c2cc(F)ccc2F)CC1)S(=O)(=O)c1ccc(Cl)cc1. The van der Waals surface area contributed by atoms with Crippen molar-refractivity contribution in [1.29, 1.82) is 0 Å². The van der Waals surface area contributed by atoms with Gasteiger partial charge in [-0.3, -0.25) is 9.59 Å². The molecule has 0 saturated carbocycles. The Kier molecular flexibility index (Phi) is 7.08. The Hall–Kier alpha value is -2.36. The van der Waals surface area contributed by atoms with Crippen LogP contribution in [-0.4, -0.2) is 56.0 Å². The number of nitrogens with zero attached hydrogens (tertiary/aromatic N) is 2. The Morgan fingerprint density at radius 3 is 2.32 bits per heavy atom. The van der Waals surface area contributed by atoms with Crippen LogP contribution in [0.4, 0.5) is 8.78 Å². The van der Waals surface area contributed by atoms with Gasteiger partial charge in [0, 0.05) is 31.1 Å². The number of ketones is 1. The third-order valence-electron chi connectivity index (χ3n) is 5.29. The number of piperidine rings is 1. The molecule has 0 N–H and O–H groups in total. The largest absolute Gasteiger partial charge is 0.342 e. The molecule has 1 heterocycles. The molecule has 3 rings (SSSR count). The van der Waals surface area contributed by atoms with Crippen molar-refractivity contribution < 1.29 is 26.8 Å². The number of Topliss-reactive ketones (excluding diaryl/α,β-unsaturated/α-hetero) is 1. The van der Waals surface area contributed by atoms with Crippen molar-refractivity contribution in [2.75, 3.05) is 26.7 Å². The van der Waals surface area contributed by atoms with Crippen molar-refractivity contribution >= 4 is 33.3 Å². The van der Waals surface area contributed by atoms with E-state index in [1.165, 1.54) is 36.2 Å². The number of hydrogen-bond acceptors (Lipinski definition) is 4. The van der Waals surface area contributed by atoms with Gasteiger partial charge in [-0.05, 0) is 55.3 Å². The fourth-order valence-electron chi connectivity index (χ4n) is 3.46. The molecule has 166 valence electrons. The maximum atomic E-state index is 13.9. The van der Waals surface area contributed by atoms with E-state index in [4.69, 9.17) is 11.6 Å². The van der Waals surface area contributed by atoms with E-state index in [0.717, 1.165) is 22.5 Å². The molecule has 2 aromatic rings. The number of carbonyl (C=O) groups excluding carboxylic acids is 2. The Morgan fingerprint density at radius 2 is 1.71 bits per heavy atom. The van der Waals surface area contributed by atoms with Crippen molar-refractivity contribution in [3.63, 3.8) is 0 Å². The van der Waals surface area contributed by atoms with Crippen molar-refractivity contribution in [2.45, 2.75) is 17.7 Å². The van der Waals surface area contributed by atoms with Crippen LogP contribution < -0.4 is 0 Å². The molecule has 31 heavy (non-hydrogen) atoms. The number of carbonyl (C=O) groups is 2. The molecule has 1 aliphatic heterocycles. The lowest BCUT2D eigenvalue weighted by Crippen LogP contribution is -2.45. The normalized spacial score (nSPS) is 15.3. The molecule has 0 aliphatic carbocycles. The summed E-state index contributed by atoms with van der Waals surface area (Å²) >= 11 is 5.78. The van der Waals surface area contributed by atoms with Gasteiger partial charge in [0.15, 0.2) is 5.78 Å². The molecule has 0 atom stereocenters. The zero-order chi connectivity index (χ0) is 22.8. The Morgan fingerprint density at radius 1 is 1.10 bits per heavy atom. The molecule has 1 amide bonds. The van der Waals surface area contributed by atoms with Crippen LogP contribution in [0.2, 0.25) is 5.02 Å². The highest BCUT2D eigenvalue weighted by Crippen LogP contribution is 2.24. The monoisotopic (exact) mass is 470 g/mol. The first-order chi connectivity index (χ1) is 14.6. The molecule has 2 aromatic carbocycles. The number of benzene rings is 2. The zero-order valence-corrected chi connectivity index (χ0v) is 18.3. The van der Waals surface area contributed by atoms with Gasteiger partial charge < -0.3 is 4.90 Å². The quantitative estimate of drug-likeness (QED) is 0.607. The summed E-state index contributed by atoms with van der Waals surface area (Å²) in [6.07, 6.45) is 0.572. The van der Waals surface area contributed by atoms with Gasteiger partial charge in [0.25, 0.3) is 0 Å². The van der Waals surface area contributed by atoms with Gasteiger partial charge in [-0.15, -0.1) is 0 Å². The van der Waals surface area contributed by atoms with Gasteiger partial charge in [0.05, 0.1) is 17.0 Å². The predicted molar refractivity (Wildman–Crippen MR) is 111 cm³/mol. The fraction of sp³-hybridized carbons (Fsp3) is 0.333. The lowest BCUT2D eigenvalue weighted by Gasteiger charge is -2.32. The molecule has 0 aromatic heterocycles. The summed E-state index contributed by atoms with van der Waals surface area (Å²) in [5, 5.41) is 0.396. The highest BCUT2D eigenvalue weighted by molar-refractivity contribution is 7.89. The maximum absolute atomic E-state index is 13.9. The summed E-state index contributed by atoms with van der Waals surface area (Å²) in [6.45, 7) is 0.0874. The second kappa shape index (κ2) is 9.42. The minimum absolute atomic E-state index is 0.0219. The zero-order valence-electron chi connectivity index (χ0n) is 16.7. The average molecular weight is 471 g/mol. The van der Waals surface area contributed by atoms with Crippen LogP contribution >= 0.6 is 11.6 Å². The minimum Gasteiger partial charge on any atom is -0.342 e. The van der Waals surface area contributed by atoms with E-state index in [1.807, 2.05) is 0 Å². The van der Waals surface area contributed by atoms with Gasteiger partial charge in [-0.1, -0.05) is 11.6 Å². The third kappa shape index (κ3) is 5.28. The first-order valence-corrected chi connectivity index (χ1v) is 11.4. The van der Waals surface area contributed by atoms with E-state index in [9.17, 15) is 26.8 Å². The number of halogens is 3. The van der Waals surface area contributed by atoms with Gasteiger partial charge in [-0.25, -0.2) is 17.2 Å². The van der Waals surface area contributed by atoms with Crippen molar-refractivity contribution in [1.82, 2.24) is 9.21 Å². The highest BCUT2D eigenvalue weighted by Gasteiger charge is 2.31. The van der Waals surface area contributed by atoms with Gasteiger partial charge in [0.2, 0.25) is 15.9 Å². The van der Waals surface area contributed by atoms with Crippen molar-refractivity contribution in [2.24, 2.45) is 5.92 Å². The van der Waals surface area contributed by atoms with E-state index in [0.29, 0.717) is 5.02 Å². The fourth-order valence-corrected chi connectivity index (χ4v) is 4.71. The van der Waals surface area contributed by atoms with E-state index >= 15 is 0 Å². The van der Waals surface area contributed by atoms with E-state index in [1.54, 1.807) is 0 Å². The number of likely N-dealkylation sites (N-methyl/N-ethyl adjacent to an activating group) is 1. The molecule has 0 spiro atoms. The van der Waals surface area contributed by atoms with Crippen LogP contribution in [0.15, 0.2) is 47.4 Å². The number of sulfonamides is 1. The Labute approximate surface area is 184 Å². The Bertz CT molecular complexity index is 1090. The lowest BCUT2D eigenvalue weighted by atomic mass is 9.88. The van der Waals surface area contributed by atoms with E-state index in [2.05, 4.69) is 0 Å². The molecular weight excluding hydrogens is 450 g/mol. The molecule has 1 fully saturated rings. The summed E-state index contributed by atoms with van der Waals surface area (Å²) in [7, 11) is -2.55. The molecule has 0 unspecified atom stereocenters. The maximum Gasteiger partial charge on any atom is 0.243 e. The molecule has 6 nitrogen and oxygen atoms in total. The second-order valence-electron chi connectivity index (χ2n) is 7.36. The van der Waals surface area contributed by atoms with Crippen LogP contribution in [0.5, 0.6) is 0 Å². The standard InChI is InChI=1S/C21H21ClF2N2O4S/c1-25(31(29,30)17-5-2-15(22)3-6-17)13-20(27)26-10-8-14(9-11-26)21(28)18-12-16(23)4-7-19(18)24/h2-7,12,14H,8-11,13H2,1H3. The minimum atomic E-state index is -3.86. The van der Waals surface area contributed by atoms with Crippen LogP contribution in [0.3, 0.4) is 0 Å². The number of hydrogen-bond donors (Lipinski definition) is 0.